The van der Waals surface area contributed by atoms with Gasteiger partial charge in [0, 0.05) is 26.2 Å². The van der Waals surface area contributed by atoms with Crippen LogP contribution in [0.4, 0.5) is 17.1 Å². The van der Waals surface area contributed by atoms with Crippen LogP contribution in [0.1, 0.15) is 24.0 Å². The van der Waals surface area contributed by atoms with Gasteiger partial charge >= 0.3 is 0 Å². The Morgan fingerprint density at radius 2 is 1.84 bits per heavy atom. The molecule has 0 aliphatic carbocycles. The molecule has 0 aromatic heterocycles. The summed E-state index contributed by atoms with van der Waals surface area (Å²) >= 11 is 0. The number of hydrogen-bond donors (Lipinski definition) is 1. The van der Waals surface area contributed by atoms with Gasteiger partial charge in [-0.3, -0.25) is 19.6 Å². The van der Waals surface area contributed by atoms with E-state index in [1.807, 2.05) is 13.0 Å². The normalized spacial score (nSPS) is 13.8. The van der Waals surface area contributed by atoms with E-state index in [1.165, 1.54) is 17.0 Å². The van der Waals surface area contributed by atoms with E-state index in [2.05, 4.69) is 4.72 Å². The highest BCUT2D eigenvalue weighted by molar-refractivity contribution is 7.92. The average molecular weight is 447 g/mol. The first kappa shape index (κ1) is 22.5. The molecule has 1 N–H and O–H groups in total. The Bertz CT molecular complexity index is 1110. The van der Waals surface area contributed by atoms with E-state index in [9.17, 15) is 23.3 Å². The maximum atomic E-state index is 12.8. The summed E-state index contributed by atoms with van der Waals surface area (Å²) in [5.74, 6) is -0.109. The van der Waals surface area contributed by atoms with Crippen molar-refractivity contribution in [3.8, 4) is 0 Å². The summed E-state index contributed by atoms with van der Waals surface area (Å²) in [4.78, 5) is 26.4. The Kier molecular flexibility index (Phi) is 6.49. The topological polar surface area (TPSA) is 113 Å². The van der Waals surface area contributed by atoms with Crippen molar-refractivity contribution >= 4 is 33.0 Å². The number of nitrogens with one attached hydrogen (secondary N) is 1. The van der Waals surface area contributed by atoms with Crippen LogP contribution in [0.25, 0.3) is 0 Å². The van der Waals surface area contributed by atoms with E-state index in [0.29, 0.717) is 18.8 Å². The predicted octanol–water partition coefficient (Wildman–Crippen LogP) is 3.07. The van der Waals surface area contributed by atoms with Crippen LogP contribution < -0.4 is 9.62 Å². The van der Waals surface area contributed by atoms with Crippen molar-refractivity contribution in [2.45, 2.75) is 31.6 Å². The fourth-order valence-corrected chi connectivity index (χ4v) is 4.78. The number of anilines is 2. The summed E-state index contributed by atoms with van der Waals surface area (Å²) in [6, 6.07) is 8.98. The molecule has 1 aliphatic rings. The summed E-state index contributed by atoms with van der Waals surface area (Å²) in [5.41, 5.74) is 1.95. The number of rotatable bonds is 7. The lowest BCUT2D eigenvalue weighted by atomic mass is 10.1. The summed E-state index contributed by atoms with van der Waals surface area (Å²) in [6.45, 7) is 5.04. The molecule has 3 rings (SSSR count). The number of sulfonamides is 1. The molecule has 2 aromatic rings. The number of nitro benzene ring substituents is 1. The van der Waals surface area contributed by atoms with Crippen molar-refractivity contribution in [3.63, 3.8) is 0 Å². The van der Waals surface area contributed by atoms with Gasteiger partial charge in [-0.1, -0.05) is 17.7 Å². The lowest BCUT2D eigenvalue weighted by Gasteiger charge is -2.23. The maximum absolute atomic E-state index is 12.8. The highest BCUT2D eigenvalue weighted by Crippen LogP contribution is 2.31. The maximum Gasteiger partial charge on any atom is 0.293 e. The molecular formula is C21H26N4O5S. The number of aryl methyl sites for hydroxylation is 2. The van der Waals surface area contributed by atoms with Crippen molar-refractivity contribution in [3.05, 3.63) is 57.6 Å². The fourth-order valence-electron chi connectivity index (χ4n) is 3.63. The van der Waals surface area contributed by atoms with Gasteiger partial charge in [0.2, 0.25) is 5.91 Å². The lowest BCUT2D eigenvalue weighted by Crippen LogP contribution is -2.37. The minimum Gasteiger partial charge on any atom is -0.360 e. The van der Waals surface area contributed by atoms with Gasteiger partial charge in [-0.2, -0.15) is 0 Å². The summed E-state index contributed by atoms with van der Waals surface area (Å²) in [5, 5.41) is 11.7. The zero-order valence-electron chi connectivity index (χ0n) is 17.8. The molecule has 0 bridgehead atoms. The highest BCUT2D eigenvalue weighted by Gasteiger charge is 2.26. The molecule has 10 heteroatoms. The third-order valence-electron chi connectivity index (χ3n) is 5.32. The third-order valence-corrected chi connectivity index (χ3v) is 6.69. The fraction of sp³-hybridized carbons (Fsp3) is 0.381. The molecule has 31 heavy (non-hydrogen) atoms. The number of nitro groups is 1. The molecule has 166 valence electrons. The van der Waals surface area contributed by atoms with Crippen molar-refractivity contribution in [1.82, 2.24) is 4.90 Å². The van der Waals surface area contributed by atoms with Gasteiger partial charge in [0.1, 0.15) is 5.69 Å². The van der Waals surface area contributed by atoms with Crippen LogP contribution in [0, 0.1) is 24.0 Å². The largest absolute Gasteiger partial charge is 0.360 e. The number of nitrogens with zero attached hydrogens (tertiary/aromatic N) is 3. The first-order valence-electron chi connectivity index (χ1n) is 9.96. The molecule has 0 radical (unpaired) electrons. The molecule has 1 heterocycles. The van der Waals surface area contributed by atoms with Crippen LogP contribution in [-0.4, -0.2) is 50.8 Å². The molecule has 1 fully saturated rings. The quantitative estimate of drug-likeness (QED) is 0.517. The number of hydrogen-bond acceptors (Lipinski definition) is 6. The second-order valence-electron chi connectivity index (χ2n) is 7.78. The van der Waals surface area contributed by atoms with Gasteiger partial charge in [0.05, 0.1) is 22.1 Å². The molecule has 2 aromatic carbocycles. The van der Waals surface area contributed by atoms with E-state index in [4.69, 9.17) is 0 Å². The molecule has 0 atom stereocenters. The van der Waals surface area contributed by atoms with E-state index in [1.54, 1.807) is 31.0 Å². The summed E-state index contributed by atoms with van der Waals surface area (Å²) in [7, 11) is -2.45. The second-order valence-corrected chi connectivity index (χ2v) is 9.46. The third kappa shape index (κ3) is 5.13. The Hall–Kier alpha value is -3.14. The van der Waals surface area contributed by atoms with E-state index in [0.717, 1.165) is 30.0 Å². The summed E-state index contributed by atoms with van der Waals surface area (Å²) in [6.07, 6.45) is 1.91. The highest BCUT2D eigenvalue weighted by atomic mass is 32.2. The monoisotopic (exact) mass is 446 g/mol. The number of carbonyl (C=O) groups is 1. The predicted molar refractivity (Wildman–Crippen MR) is 119 cm³/mol. The van der Waals surface area contributed by atoms with E-state index in [-0.39, 0.29) is 28.7 Å². The molecule has 0 saturated carbocycles. The standard InChI is InChI=1S/C21H26N4O5S/c1-15-6-8-18(16(2)12-15)22-31(29,30)17-7-9-19(20(13-17)25(27)28)23(3)14-21(26)24-10-4-5-11-24/h6-9,12-13,22H,4-5,10-11,14H2,1-3H3. The first-order valence-corrected chi connectivity index (χ1v) is 11.4. The Labute approximate surface area is 181 Å². The minimum absolute atomic E-state index is 0.0201. The van der Waals surface area contributed by atoms with Crippen LogP contribution in [0.2, 0.25) is 0 Å². The van der Waals surface area contributed by atoms with Gasteiger partial charge in [-0.25, -0.2) is 8.42 Å². The minimum atomic E-state index is -4.03. The number of likely N-dealkylation sites (N-methyl/N-ethyl adjacent to an activating group) is 1. The molecular weight excluding hydrogens is 420 g/mol. The van der Waals surface area contributed by atoms with Crippen molar-refractivity contribution in [1.29, 1.82) is 0 Å². The Morgan fingerprint density at radius 1 is 1.16 bits per heavy atom. The first-order chi connectivity index (χ1) is 14.6. The van der Waals surface area contributed by atoms with E-state index >= 15 is 0 Å². The zero-order chi connectivity index (χ0) is 22.8. The van der Waals surface area contributed by atoms with Crippen molar-refractivity contribution in [2.75, 3.05) is 36.3 Å². The molecule has 0 spiro atoms. The van der Waals surface area contributed by atoms with Crippen LogP contribution in [0.3, 0.4) is 0 Å². The average Bonchev–Trinajstić information content (AvgIpc) is 3.24. The van der Waals surface area contributed by atoms with Crippen LogP contribution in [-0.2, 0) is 14.8 Å². The molecule has 1 amide bonds. The van der Waals surface area contributed by atoms with Gasteiger partial charge in [-0.15, -0.1) is 0 Å². The number of carbonyl (C=O) groups excluding carboxylic acids is 1. The zero-order valence-corrected chi connectivity index (χ0v) is 18.6. The Balaban J connectivity index is 1.86. The van der Waals surface area contributed by atoms with Gasteiger partial charge in [-0.05, 0) is 50.5 Å². The van der Waals surface area contributed by atoms with E-state index < -0.39 is 14.9 Å². The molecule has 9 nitrogen and oxygen atoms in total. The smallest absolute Gasteiger partial charge is 0.293 e. The molecule has 1 aliphatic heterocycles. The molecule has 0 unspecified atom stereocenters. The lowest BCUT2D eigenvalue weighted by molar-refractivity contribution is -0.384. The van der Waals surface area contributed by atoms with Crippen LogP contribution >= 0.6 is 0 Å². The van der Waals surface area contributed by atoms with Crippen molar-refractivity contribution in [2.24, 2.45) is 0 Å². The van der Waals surface area contributed by atoms with Crippen LogP contribution in [0.5, 0.6) is 0 Å². The second kappa shape index (κ2) is 8.93. The van der Waals surface area contributed by atoms with Crippen molar-refractivity contribution < 1.29 is 18.1 Å². The number of benzene rings is 2. The Morgan fingerprint density at radius 3 is 2.45 bits per heavy atom. The molecule has 1 saturated heterocycles. The summed E-state index contributed by atoms with van der Waals surface area (Å²) < 4.78 is 28.2. The SMILES string of the molecule is Cc1ccc(NS(=O)(=O)c2ccc(N(C)CC(=O)N3CCCC3)c([N+](=O)[O-])c2)c(C)c1. The van der Waals surface area contributed by atoms with Gasteiger partial charge in [0.15, 0.2) is 0 Å². The van der Waals surface area contributed by atoms with Gasteiger partial charge < -0.3 is 9.80 Å². The number of likely N-dealkylation sites (tertiary alicyclic amines) is 1. The number of amides is 1. The van der Waals surface area contributed by atoms with Gasteiger partial charge in [0.25, 0.3) is 15.7 Å². The van der Waals surface area contributed by atoms with Crippen LogP contribution in [0.15, 0.2) is 41.3 Å².